The maximum Gasteiger partial charge on any atom is 0.0540 e. The van der Waals surface area contributed by atoms with Gasteiger partial charge < -0.3 is 4.90 Å². The fraction of sp³-hybridized carbons (Fsp3) is 0. The Morgan fingerprint density at radius 2 is 0.913 bits per heavy atom. The molecule has 0 N–H and O–H groups in total. The normalized spacial score (nSPS) is 11.5. The van der Waals surface area contributed by atoms with Crippen LogP contribution >= 0.6 is 11.3 Å². The number of anilines is 3. The van der Waals surface area contributed by atoms with Crippen LogP contribution in [-0.2, 0) is 0 Å². The standard InChI is InChI=1S/C44H29NS/c1-3-18-35-30(12-1)14-10-22-36(35)32-16-9-17-33(28-32)38-20-5-7-23-41(38)45(42-24-11-15-31-13-2-4-19-37(31)42)34-26-27-40-39-21-6-8-25-43(39)46-44(40)29-34/h1-29H. The number of para-hydroxylation sites is 1. The average Bonchev–Trinajstić information content (AvgIpc) is 3.50. The van der Waals surface area contributed by atoms with E-state index in [2.05, 4.69) is 181 Å². The van der Waals surface area contributed by atoms with Gasteiger partial charge in [-0.05, 0) is 69.2 Å². The lowest BCUT2D eigenvalue weighted by Gasteiger charge is -2.29. The van der Waals surface area contributed by atoms with E-state index in [9.17, 15) is 0 Å². The number of thiophene rings is 1. The highest BCUT2D eigenvalue weighted by Crippen LogP contribution is 2.46. The van der Waals surface area contributed by atoms with Crippen LogP contribution in [0.25, 0.3) is 64.0 Å². The van der Waals surface area contributed by atoms with E-state index in [1.165, 1.54) is 64.0 Å². The molecule has 1 aromatic heterocycles. The molecule has 0 atom stereocenters. The number of benzene rings is 8. The van der Waals surface area contributed by atoms with Crippen LogP contribution in [0.1, 0.15) is 0 Å². The quantitative estimate of drug-likeness (QED) is 0.189. The van der Waals surface area contributed by atoms with Crippen LogP contribution in [0.15, 0.2) is 176 Å². The zero-order valence-corrected chi connectivity index (χ0v) is 25.9. The Morgan fingerprint density at radius 1 is 0.348 bits per heavy atom. The largest absolute Gasteiger partial charge is 0.309 e. The fourth-order valence-electron chi connectivity index (χ4n) is 6.91. The lowest BCUT2D eigenvalue weighted by molar-refractivity contribution is 1.30. The van der Waals surface area contributed by atoms with Gasteiger partial charge in [0.2, 0.25) is 0 Å². The van der Waals surface area contributed by atoms with E-state index in [1.54, 1.807) is 0 Å². The van der Waals surface area contributed by atoms with Gasteiger partial charge in [0.25, 0.3) is 0 Å². The Hall–Kier alpha value is -5.70. The molecule has 0 unspecified atom stereocenters. The van der Waals surface area contributed by atoms with Crippen LogP contribution in [0, 0.1) is 0 Å². The maximum atomic E-state index is 2.45. The number of hydrogen-bond donors (Lipinski definition) is 0. The monoisotopic (exact) mass is 603 g/mol. The molecule has 0 aliphatic heterocycles. The second-order valence-corrected chi connectivity index (χ2v) is 12.8. The second-order valence-electron chi connectivity index (χ2n) is 11.7. The molecule has 0 fully saturated rings. The highest BCUT2D eigenvalue weighted by atomic mass is 32.1. The van der Waals surface area contributed by atoms with Gasteiger partial charge in [-0.1, -0.05) is 140 Å². The Kier molecular flexibility index (Phi) is 6.40. The summed E-state index contributed by atoms with van der Waals surface area (Å²) in [6.45, 7) is 0. The first-order chi connectivity index (χ1) is 22.8. The highest BCUT2D eigenvalue weighted by molar-refractivity contribution is 7.25. The van der Waals surface area contributed by atoms with Gasteiger partial charge in [0.1, 0.15) is 0 Å². The lowest BCUT2D eigenvalue weighted by atomic mass is 9.94. The van der Waals surface area contributed by atoms with E-state index >= 15 is 0 Å². The maximum absolute atomic E-state index is 2.45. The first-order valence-electron chi connectivity index (χ1n) is 15.7. The molecule has 9 aromatic rings. The fourth-order valence-corrected chi connectivity index (χ4v) is 8.05. The third-order valence-corrected chi connectivity index (χ3v) is 10.2. The predicted octanol–water partition coefficient (Wildman–Crippen LogP) is 13.2. The SMILES string of the molecule is c1cc(-c2ccccc2N(c2ccc3c(c2)sc2ccccc23)c2cccc3ccccc23)cc(-c2cccc3ccccc23)c1. The van der Waals surface area contributed by atoms with Crippen LogP contribution < -0.4 is 4.90 Å². The van der Waals surface area contributed by atoms with Gasteiger partial charge in [-0.15, -0.1) is 11.3 Å². The summed E-state index contributed by atoms with van der Waals surface area (Å²) < 4.78 is 2.61. The molecule has 216 valence electrons. The number of hydrogen-bond acceptors (Lipinski definition) is 2. The first-order valence-corrected chi connectivity index (χ1v) is 16.5. The van der Waals surface area contributed by atoms with E-state index in [1.807, 2.05) is 11.3 Å². The van der Waals surface area contributed by atoms with E-state index in [-0.39, 0.29) is 0 Å². The van der Waals surface area contributed by atoms with Gasteiger partial charge >= 0.3 is 0 Å². The molecule has 0 amide bonds. The van der Waals surface area contributed by atoms with Crippen LogP contribution in [0.3, 0.4) is 0 Å². The number of rotatable bonds is 5. The molecule has 0 spiro atoms. The second kappa shape index (κ2) is 11.0. The van der Waals surface area contributed by atoms with Gasteiger partial charge in [-0.3, -0.25) is 0 Å². The molecular formula is C44H29NS. The van der Waals surface area contributed by atoms with Crippen molar-refractivity contribution in [3.8, 4) is 22.3 Å². The molecule has 0 aliphatic carbocycles. The summed E-state index contributed by atoms with van der Waals surface area (Å²) in [5, 5.41) is 7.59. The molecular weight excluding hydrogens is 575 g/mol. The predicted molar refractivity (Wildman–Crippen MR) is 200 cm³/mol. The number of fused-ring (bicyclic) bond motifs is 5. The van der Waals surface area contributed by atoms with Crippen molar-refractivity contribution in [2.24, 2.45) is 0 Å². The Balaban J connectivity index is 1.27. The minimum atomic E-state index is 1.15. The van der Waals surface area contributed by atoms with Crippen molar-refractivity contribution >= 4 is 70.1 Å². The minimum absolute atomic E-state index is 1.15. The van der Waals surface area contributed by atoms with Gasteiger partial charge in [-0.25, -0.2) is 0 Å². The summed E-state index contributed by atoms with van der Waals surface area (Å²) in [4.78, 5) is 2.45. The van der Waals surface area contributed by atoms with Crippen molar-refractivity contribution in [3.05, 3.63) is 176 Å². The minimum Gasteiger partial charge on any atom is -0.309 e. The van der Waals surface area contributed by atoms with Gasteiger partial charge in [0.05, 0.1) is 11.4 Å². The summed E-state index contributed by atoms with van der Waals surface area (Å²) >= 11 is 1.86. The third-order valence-electron chi connectivity index (χ3n) is 9.05. The summed E-state index contributed by atoms with van der Waals surface area (Å²) in [6, 6.07) is 64.0. The van der Waals surface area contributed by atoms with Crippen LogP contribution in [-0.4, -0.2) is 0 Å². The molecule has 0 radical (unpaired) electrons. The van der Waals surface area contributed by atoms with Crippen LogP contribution in [0.2, 0.25) is 0 Å². The molecule has 2 heteroatoms. The van der Waals surface area contributed by atoms with Crippen molar-refractivity contribution in [1.29, 1.82) is 0 Å². The lowest BCUT2D eigenvalue weighted by Crippen LogP contribution is -2.11. The van der Waals surface area contributed by atoms with Crippen molar-refractivity contribution in [1.82, 2.24) is 0 Å². The molecule has 0 saturated heterocycles. The average molecular weight is 604 g/mol. The van der Waals surface area contributed by atoms with Crippen molar-refractivity contribution in [2.45, 2.75) is 0 Å². The molecule has 1 nitrogen and oxygen atoms in total. The van der Waals surface area contributed by atoms with Gasteiger partial charge in [0, 0.05) is 36.8 Å². The first kappa shape index (κ1) is 26.7. The molecule has 0 bridgehead atoms. The molecule has 46 heavy (non-hydrogen) atoms. The summed E-state index contributed by atoms with van der Waals surface area (Å²) in [5.74, 6) is 0. The van der Waals surface area contributed by atoms with Crippen molar-refractivity contribution < 1.29 is 0 Å². The Morgan fingerprint density at radius 3 is 1.78 bits per heavy atom. The van der Waals surface area contributed by atoms with Crippen LogP contribution in [0.4, 0.5) is 17.1 Å². The van der Waals surface area contributed by atoms with E-state index in [0.717, 1.165) is 17.1 Å². The van der Waals surface area contributed by atoms with Crippen molar-refractivity contribution in [2.75, 3.05) is 4.90 Å². The molecule has 8 aromatic carbocycles. The van der Waals surface area contributed by atoms with Crippen LogP contribution in [0.5, 0.6) is 0 Å². The molecule has 0 saturated carbocycles. The summed E-state index contributed by atoms with van der Waals surface area (Å²) in [6.07, 6.45) is 0. The highest BCUT2D eigenvalue weighted by Gasteiger charge is 2.20. The topological polar surface area (TPSA) is 3.24 Å². The van der Waals surface area contributed by atoms with Gasteiger partial charge in [0.15, 0.2) is 0 Å². The summed E-state index contributed by atoms with van der Waals surface area (Å²) in [7, 11) is 0. The van der Waals surface area contributed by atoms with E-state index in [4.69, 9.17) is 0 Å². The number of nitrogens with zero attached hydrogens (tertiary/aromatic N) is 1. The molecule has 1 heterocycles. The smallest absolute Gasteiger partial charge is 0.0540 e. The summed E-state index contributed by atoms with van der Waals surface area (Å²) in [5.41, 5.74) is 8.30. The van der Waals surface area contributed by atoms with Crippen molar-refractivity contribution in [3.63, 3.8) is 0 Å². The molecule has 0 aliphatic rings. The van der Waals surface area contributed by atoms with E-state index in [0.29, 0.717) is 0 Å². The Labute approximate surface area is 272 Å². The van der Waals surface area contributed by atoms with E-state index < -0.39 is 0 Å². The molecule has 9 rings (SSSR count). The zero-order valence-electron chi connectivity index (χ0n) is 25.1. The third kappa shape index (κ3) is 4.46. The zero-order chi connectivity index (χ0) is 30.5. The Bertz CT molecular complexity index is 2550. The van der Waals surface area contributed by atoms with Gasteiger partial charge in [-0.2, -0.15) is 0 Å².